The lowest BCUT2D eigenvalue weighted by Gasteiger charge is -2.31. The molecule has 1 aromatic rings. The molecule has 0 unspecified atom stereocenters. The lowest BCUT2D eigenvalue weighted by atomic mass is 9.75. The Morgan fingerprint density at radius 1 is 1.17 bits per heavy atom. The van der Waals surface area contributed by atoms with Crippen LogP contribution in [0.3, 0.4) is 0 Å². The van der Waals surface area contributed by atoms with Crippen molar-refractivity contribution in [2.75, 3.05) is 6.54 Å². The Hall–Kier alpha value is -3.19. The normalized spacial score (nSPS) is 16.0. The molecule has 0 aliphatic heterocycles. The number of nitrogens with one attached hydrogen (secondary N) is 5. The van der Waals surface area contributed by atoms with Crippen molar-refractivity contribution in [2.45, 2.75) is 76.2 Å². The Labute approximate surface area is 211 Å². The molecule has 12 nitrogen and oxygen atoms in total. The van der Waals surface area contributed by atoms with E-state index in [0.717, 1.165) is 18.4 Å². The molecule has 1 fully saturated rings. The predicted octanol–water partition coefficient (Wildman–Crippen LogP) is 0.612. The van der Waals surface area contributed by atoms with Crippen LogP contribution in [-0.2, 0) is 15.0 Å². The van der Waals surface area contributed by atoms with Crippen LogP contribution >= 0.6 is 0 Å². The Morgan fingerprint density at radius 2 is 1.81 bits per heavy atom. The molecule has 36 heavy (non-hydrogen) atoms. The monoisotopic (exact) mass is 504 g/mol. The van der Waals surface area contributed by atoms with E-state index in [1.807, 2.05) is 44.2 Å². The zero-order valence-corrected chi connectivity index (χ0v) is 20.8. The third kappa shape index (κ3) is 8.49. The molecule has 0 aromatic heterocycles. The first kappa shape index (κ1) is 29.0. The van der Waals surface area contributed by atoms with Crippen molar-refractivity contribution in [1.82, 2.24) is 21.4 Å². The molecule has 0 bridgehead atoms. The van der Waals surface area contributed by atoms with Gasteiger partial charge in [-0.2, -0.15) is 0 Å². The van der Waals surface area contributed by atoms with Gasteiger partial charge in [0.05, 0.1) is 11.4 Å². The second-order valence-electron chi connectivity index (χ2n) is 9.65. The smallest absolute Gasteiger partial charge is 0.426 e. The number of carbonyl (C=O) groups excluding carboxylic acids is 2. The fraction of sp³-hybridized carbons (Fsp3) is 0.609. The number of benzene rings is 1. The summed E-state index contributed by atoms with van der Waals surface area (Å²) in [6.45, 7) is 3.94. The SMILES string of the molecule is CC(C)C[C@H](NC(=O)[C@H](CCCNC(=N)N[N+](=O)[O-])NC(=O)C1(c2ccccc2)CCCC1)B(O)O. The number of amides is 2. The topological polar surface area (TPSA) is 190 Å². The van der Waals surface area contributed by atoms with Crippen molar-refractivity contribution in [3.8, 4) is 0 Å². The van der Waals surface area contributed by atoms with Gasteiger partial charge in [0.2, 0.25) is 11.8 Å². The lowest BCUT2D eigenvalue weighted by Crippen LogP contribution is -2.56. The highest BCUT2D eigenvalue weighted by Crippen LogP contribution is 2.41. The van der Waals surface area contributed by atoms with Gasteiger partial charge < -0.3 is 26.0 Å². The standard InChI is InChI=1S/C23H37BN6O6/c1-16(2)15-19(24(33)34)28-20(31)18(11-8-14-26-22(25)29-30(35)36)27-21(32)23(12-6-7-13-23)17-9-4-3-5-10-17/h3-5,9-10,16,18-19,33-34H,6-8,11-15H2,1-2H3,(H,27,32)(H,28,31)(H3,25,26,29)/t18-,19-/m0/s1. The minimum absolute atomic E-state index is 0.0919. The third-order valence-corrected chi connectivity index (χ3v) is 6.43. The van der Waals surface area contributed by atoms with Crippen LogP contribution in [0.25, 0.3) is 0 Å². The number of hydrazine groups is 1. The average Bonchev–Trinajstić information content (AvgIpc) is 3.31. The van der Waals surface area contributed by atoms with Crippen molar-refractivity contribution in [3.63, 3.8) is 0 Å². The van der Waals surface area contributed by atoms with Crippen molar-refractivity contribution < 1.29 is 24.7 Å². The van der Waals surface area contributed by atoms with E-state index in [1.54, 1.807) is 5.43 Å². The van der Waals surface area contributed by atoms with Gasteiger partial charge in [0.25, 0.3) is 5.96 Å². The summed E-state index contributed by atoms with van der Waals surface area (Å²) in [6, 6.07) is 8.51. The molecule has 2 amide bonds. The molecule has 0 heterocycles. The minimum Gasteiger partial charge on any atom is -0.426 e. The summed E-state index contributed by atoms with van der Waals surface area (Å²) in [5, 5.41) is 44.6. The summed E-state index contributed by atoms with van der Waals surface area (Å²) in [5.41, 5.74) is 1.84. The van der Waals surface area contributed by atoms with Crippen LogP contribution in [0.5, 0.6) is 0 Å². The zero-order chi connectivity index (χ0) is 26.7. The summed E-state index contributed by atoms with van der Waals surface area (Å²) in [5.74, 6) is -2.09. The van der Waals surface area contributed by atoms with Crippen LogP contribution in [0, 0.1) is 21.4 Å². The first-order valence-corrected chi connectivity index (χ1v) is 12.3. The fourth-order valence-corrected chi connectivity index (χ4v) is 4.64. The van der Waals surface area contributed by atoms with Crippen molar-refractivity contribution in [3.05, 3.63) is 46.0 Å². The van der Waals surface area contributed by atoms with E-state index >= 15 is 0 Å². The van der Waals surface area contributed by atoms with Crippen LogP contribution in [0.2, 0.25) is 0 Å². The maximum Gasteiger partial charge on any atom is 0.475 e. The van der Waals surface area contributed by atoms with E-state index in [0.29, 0.717) is 25.7 Å². The maximum absolute atomic E-state index is 13.6. The molecule has 2 atom stereocenters. The van der Waals surface area contributed by atoms with Crippen LogP contribution < -0.4 is 21.4 Å². The molecule has 7 N–H and O–H groups in total. The molecule has 0 saturated heterocycles. The Bertz CT molecular complexity index is 894. The second-order valence-corrected chi connectivity index (χ2v) is 9.65. The first-order valence-electron chi connectivity index (χ1n) is 12.3. The van der Waals surface area contributed by atoms with Gasteiger partial charge in [0, 0.05) is 6.54 Å². The number of hydrogen-bond acceptors (Lipinski definition) is 7. The van der Waals surface area contributed by atoms with Crippen molar-refractivity contribution in [2.24, 2.45) is 5.92 Å². The summed E-state index contributed by atoms with van der Waals surface area (Å²) in [6.07, 6.45) is 3.93. The van der Waals surface area contributed by atoms with Gasteiger partial charge in [-0.25, -0.2) is 10.1 Å². The van der Waals surface area contributed by atoms with Crippen LogP contribution in [0.4, 0.5) is 0 Å². The Morgan fingerprint density at radius 3 is 2.36 bits per heavy atom. The van der Waals surface area contributed by atoms with E-state index < -0.39 is 41.4 Å². The Balaban J connectivity index is 2.15. The molecular weight excluding hydrogens is 467 g/mol. The van der Waals surface area contributed by atoms with Gasteiger partial charge >= 0.3 is 7.12 Å². The van der Waals surface area contributed by atoms with Gasteiger partial charge in [-0.1, -0.05) is 62.4 Å². The second kappa shape index (κ2) is 13.8. The van der Waals surface area contributed by atoms with E-state index in [1.165, 1.54) is 0 Å². The molecule has 13 heteroatoms. The molecular formula is C23H37BN6O6. The van der Waals surface area contributed by atoms with Crippen LogP contribution in [0.15, 0.2) is 30.3 Å². The number of guanidine groups is 1. The highest BCUT2D eigenvalue weighted by molar-refractivity contribution is 6.43. The lowest BCUT2D eigenvalue weighted by molar-refractivity contribution is -0.525. The molecule has 1 aliphatic rings. The van der Waals surface area contributed by atoms with Gasteiger partial charge in [-0.05, 0) is 43.6 Å². The number of hydrogen-bond donors (Lipinski definition) is 7. The van der Waals surface area contributed by atoms with Crippen LogP contribution in [0.1, 0.15) is 64.4 Å². The van der Waals surface area contributed by atoms with Gasteiger partial charge in [-0.15, -0.1) is 0 Å². The molecule has 1 aromatic carbocycles. The fourth-order valence-electron chi connectivity index (χ4n) is 4.64. The van der Waals surface area contributed by atoms with Gasteiger partial charge in [0.1, 0.15) is 6.04 Å². The molecule has 1 aliphatic carbocycles. The largest absolute Gasteiger partial charge is 0.475 e. The van der Waals surface area contributed by atoms with E-state index in [9.17, 15) is 29.8 Å². The summed E-state index contributed by atoms with van der Waals surface area (Å²) >= 11 is 0. The third-order valence-electron chi connectivity index (χ3n) is 6.43. The molecule has 2 rings (SSSR count). The first-order chi connectivity index (χ1) is 17.0. The molecule has 0 radical (unpaired) electrons. The van der Waals surface area contributed by atoms with Gasteiger partial charge in [0.15, 0.2) is 5.03 Å². The highest BCUT2D eigenvalue weighted by atomic mass is 16.7. The Kier molecular flexibility index (Phi) is 11.1. The minimum atomic E-state index is -1.76. The maximum atomic E-state index is 13.6. The van der Waals surface area contributed by atoms with Gasteiger partial charge in [-0.3, -0.25) is 15.0 Å². The van der Waals surface area contributed by atoms with Crippen molar-refractivity contribution >= 4 is 24.9 Å². The van der Waals surface area contributed by atoms with E-state index in [4.69, 9.17) is 5.41 Å². The quantitative estimate of drug-likeness (QED) is 0.0508. The summed E-state index contributed by atoms with van der Waals surface area (Å²) in [7, 11) is -1.76. The number of nitro groups is 1. The predicted molar refractivity (Wildman–Crippen MR) is 135 cm³/mol. The molecule has 198 valence electrons. The van der Waals surface area contributed by atoms with Crippen molar-refractivity contribution in [1.29, 1.82) is 5.41 Å². The van der Waals surface area contributed by atoms with E-state index in [2.05, 4.69) is 16.0 Å². The number of rotatable bonds is 13. The number of carbonyl (C=O) groups is 2. The molecule has 0 spiro atoms. The average molecular weight is 504 g/mol. The van der Waals surface area contributed by atoms with E-state index in [-0.39, 0.29) is 24.8 Å². The zero-order valence-electron chi connectivity index (χ0n) is 20.8. The highest BCUT2D eigenvalue weighted by Gasteiger charge is 2.44. The summed E-state index contributed by atoms with van der Waals surface area (Å²) < 4.78 is 0. The molecule has 1 saturated carbocycles. The number of nitrogens with zero attached hydrogens (tertiary/aromatic N) is 1. The van der Waals surface area contributed by atoms with Crippen LogP contribution in [-0.4, -0.2) is 58.5 Å². The summed E-state index contributed by atoms with van der Waals surface area (Å²) in [4.78, 5) is 37.3.